The summed E-state index contributed by atoms with van der Waals surface area (Å²) in [6, 6.07) is -0.473. The predicted octanol–water partition coefficient (Wildman–Crippen LogP) is -1.77. The fourth-order valence-electron chi connectivity index (χ4n) is 2.46. The van der Waals surface area contributed by atoms with Crippen LogP contribution in [-0.4, -0.2) is 88.1 Å². The number of hydrogen-bond acceptors (Lipinski definition) is 8. The van der Waals surface area contributed by atoms with E-state index in [4.69, 9.17) is 14.6 Å². The molecule has 0 radical (unpaired) electrons. The van der Waals surface area contributed by atoms with Crippen molar-refractivity contribution < 1.29 is 24.8 Å². The Hall–Kier alpha value is -0.380. The van der Waals surface area contributed by atoms with E-state index in [1.54, 1.807) is 7.11 Å². The zero-order valence-corrected chi connectivity index (χ0v) is 11.4. The van der Waals surface area contributed by atoms with Gasteiger partial charge in [-0.3, -0.25) is 4.99 Å². The lowest BCUT2D eigenvalue weighted by Gasteiger charge is -2.39. The maximum atomic E-state index is 10.0. The van der Waals surface area contributed by atoms with Crippen molar-refractivity contribution >= 4 is 16.9 Å². The molecule has 2 fully saturated rings. The summed E-state index contributed by atoms with van der Waals surface area (Å²) in [6.07, 6.45) is -2.62. The molecular weight excluding hydrogens is 272 g/mol. The van der Waals surface area contributed by atoms with Crippen LogP contribution in [0, 0.1) is 0 Å². The van der Waals surface area contributed by atoms with E-state index in [1.807, 2.05) is 0 Å². The molecule has 0 aliphatic carbocycles. The SMILES string of the molecule is COC1CN(C2=N[C@@H]3C(O)[C@H](O)C(CO)O[C@@H]3S2)C1. The number of amidine groups is 1. The lowest BCUT2D eigenvalue weighted by molar-refractivity contribution is -0.164. The van der Waals surface area contributed by atoms with Gasteiger partial charge in [0.25, 0.3) is 0 Å². The van der Waals surface area contributed by atoms with Crippen LogP contribution >= 0.6 is 11.8 Å². The Morgan fingerprint density at radius 1 is 1.42 bits per heavy atom. The van der Waals surface area contributed by atoms with Gasteiger partial charge in [0.05, 0.1) is 12.7 Å². The topological polar surface area (TPSA) is 94.8 Å². The van der Waals surface area contributed by atoms with Crippen molar-refractivity contribution in [3.63, 3.8) is 0 Å². The second kappa shape index (κ2) is 5.19. The van der Waals surface area contributed by atoms with E-state index in [0.29, 0.717) is 0 Å². The molecule has 3 rings (SSSR count). The van der Waals surface area contributed by atoms with Gasteiger partial charge in [-0.05, 0) is 0 Å². The third-order valence-electron chi connectivity index (χ3n) is 3.78. The van der Waals surface area contributed by atoms with Crippen LogP contribution in [0.3, 0.4) is 0 Å². The number of ether oxygens (including phenoxy) is 2. The van der Waals surface area contributed by atoms with Crippen LogP contribution in [0.15, 0.2) is 4.99 Å². The molecule has 3 heterocycles. The maximum absolute atomic E-state index is 10.0. The summed E-state index contributed by atoms with van der Waals surface area (Å²) >= 11 is 1.43. The summed E-state index contributed by atoms with van der Waals surface area (Å²) in [6.45, 7) is 1.25. The predicted molar refractivity (Wildman–Crippen MR) is 68.9 cm³/mol. The fraction of sp³-hybridized carbons (Fsp3) is 0.909. The van der Waals surface area contributed by atoms with Crippen LogP contribution in [0.1, 0.15) is 0 Å². The lowest BCUT2D eigenvalue weighted by Crippen LogP contribution is -2.55. The molecular formula is C11H18N2O5S. The summed E-state index contributed by atoms with van der Waals surface area (Å²) in [4.78, 5) is 6.50. The highest BCUT2D eigenvalue weighted by molar-refractivity contribution is 8.14. The molecule has 108 valence electrons. The van der Waals surface area contributed by atoms with Crippen molar-refractivity contribution in [2.75, 3.05) is 26.8 Å². The molecule has 7 nitrogen and oxygen atoms in total. The molecule has 0 saturated carbocycles. The van der Waals surface area contributed by atoms with Gasteiger partial charge in [0.15, 0.2) is 5.17 Å². The van der Waals surface area contributed by atoms with Gasteiger partial charge in [-0.25, -0.2) is 0 Å². The van der Waals surface area contributed by atoms with Crippen LogP contribution in [-0.2, 0) is 9.47 Å². The monoisotopic (exact) mass is 290 g/mol. The highest BCUT2D eigenvalue weighted by atomic mass is 32.2. The van der Waals surface area contributed by atoms with Crippen LogP contribution in [0.25, 0.3) is 0 Å². The minimum atomic E-state index is -1.10. The molecule has 8 heteroatoms. The minimum Gasteiger partial charge on any atom is -0.394 e. The van der Waals surface area contributed by atoms with E-state index in [2.05, 4.69) is 9.89 Å². The number of methoxy groups -OCH3 is 1. The molecule has 3 N–H and O–H groups in total. The van der Waals surface area contributed by atoms with E-state index < -0.39 is 24.4 Å². The van der Waals surface area contributed by atoms with Gasteiger partial charge in [-0.1, -0.05) is 11.8 Å². The number of nitrogens with zero attached hydrogens (tertiary/aromatic N) is 2. The molecule has 0 aromatic rings. The first-order valence-corrected chi connectivity index (χ1v) is 7.16. The Morgan fingerprint density at radius 3 is 2.79 bits per heavy atom. The Bertz CT molecular complexity index is 376. The number of rotatable bonds is 2. The van der Waals surface area contributed by atoms with Gasteiger partial charge in [-0.2, -0.15) is 0 Å². The van der Waals surface area contributed by atoms with Crippen LogP contribution in [0.2, 0.25) is 0 Å². The van der Waals surface area contributed by atoms with Crippen molar-refractivity contribution in [3.8, 4) is 0 Å². The zero-order chi connectivity index (χ0) is 13.6. The van der Waals surface area contributed by atoms with Crippen molar-refractivity contribution in [3.05, 3.63) is 0 Å². The Kier molecular flexibility index (Phi) is 3.71. The van der Waals surface area contributed by atoms with Crippen molar-refractivity contribution in [2.24, 2.45) is 4.99 Å². The maximum Gasteiger partial charge on any atom is 0.162 e. The Labute approximate surface area is 115 Å². The molecule has 0 spiro atoms. The van der Waals surface area contributed by atoms with Gasteiger partial charge in [0, 0.05) is 20.2 Å². The summed E-state index contributed by atoms with van der Waals surface area (Å²) in [7, 11) is 1.68. The average Bonchev–Trinajstić information content (AvgIpc) is 2.76. The van der Waals surface area contributed by atoms with Gasteiger partial charge in [0.1, 0.15) is 29.8 Å². The first-order valence-electron chi connectivity index (χ1n) is 6.28. The van der Waals surface area contributed by atoms with Gasteiger partial charge < -0.3 is 29.7 Å². The minimum absolute atomic E-state index is 0.229. The number of hydrogen-bond donors (Lipinski definition) is 3. The van der Waals surface area contributed by atoms with E-state index >= 15 is 0 Å². The summed E-state index contributed by atoms with van der Waals surface area (Å²) < 4.78 is 10.8. The van der Waals surface area contributed by atoms with E-state index in [9.17, 15) is 10.2 Å². The quantitative estimate of drug-likeness (QED) is 0.554. The largest absolute Gasteiger partial charge is 0.394 e. The van der Waals surface area contributed by atoms with Crippen molar-refractivity contribution in [2.45, 2.75) is 35.9 Å². The number of aliphatic hydroxyl groups is 3. The molecule has 0 aromatic carbocycles. The molecule has 3 aliphatic heterocycles. The molecule has 19 heavy (non-hydrogen) atoms. The third kappa shape index (κ3) is 2.26. The highest BCUT2D eigenvalue weighted by Gasteiger charge is 2.49. The number of aliphatic imine (C=N–C) groups is 1. The second-order valence-electron chi connectivity index (χ2n) is 4.99. The van der Waals surface area contributed by atoms with Crippen LogP contribution in [0.4, 0.5) is 0 Å². The highest BCUT2D eigenvalue weighted by Crippen LogP contribution is 2.38. The van der Waals surface area contributed by atoms with E-state index in [0.717, 1.165) is 18.3 Å². The molecule has 0 amide bonds. The van der Waals surface area contributed by atoms with Crippen molar-refractivity contribution in [1.29, 1.82) is 0 Å². The van der Waals surface area contributed by atoms with Crippen molar-refractivity contribution in [1.82, 2.24) is 4.90 Å². The molecule has 0 aromatic heterocycles. The zero-order valence-electron chi connectivity index (χ0n) is 10.5. The molecule has 0 bridgehead atoms. The standard InChI is InChI=1S/C11H18N2O5S/c1-17-5-2-13(3-5)11-12-7-9(16)8(15)6(4-14)18-10(7)19-11/h5-10,14-16H,2-4H2,1H3/t6?,7-,8-,9?,10-/m1/s1. The Morgan fingerprint density at radius 2 is 2.16 bits per heavy atom. The van der Waals surface area contributed by atoms with Gasteiger partial charge in [0.2, 0.25) is 0 Å². The fourth-order valence-corrected chi connectivity index (χ4v) is 3.71. The molecule has 2 saturated heterocycles. The van der Waals surface area contributed by atoms with Gasteiger partial charge in [-0.15, -0.1) is 0 Å². The first-order chi connectivity index (χ1) is 9.13. The normalized spacial score (nSPS) is 42.8. The van der Waals surface area contributed by atoms with Crippen LogP contribution < -0.4 is 0 Å². The smallest absolute Gasteiger partial charge is 0.162 e. The second-order valence-corrected chi connectivity index (χ2v) is 6.05. The number of fused-ring (bicyclic) bond motifs is 1. The van der Waals surface area contributed by atoms with E-state index in [1.165, 1.54) is 11.8 Å². The first kappa shape index (κ1) is 13.6. The average molecular weight is 290 g/mol. The number of thioether (sulfide) groups is 1. The third-order valence-corrected chi connectivity index (χ3v) is 4.98. The van der Waals surface area contributed by atoms with E-state index in [-0.39, 0.29) is 18.1 Å². The summed E-state index contributed by atoms with van der Waals surface area (Å²) in [5.41, 5.74) is -0.341. The van der Waals surface area contributed by atoms with Gasteiger partial charge >= 0.3 is 0 Å². The number of aliphatic hydroxyl groups excluding tert-OH is 3. The molecule has 5 atom stereocenters. The summed E-state index contributed by atoms with van der Waals surface area (Å²) in [5.74, 6) is 0. The summed E-state index contributed by atoms with van der Waals surface area (Å²) in [5, 5.41) is 29.8. The number of likely N-dealkylation sites (tertiary alicyclic amines) is 1. The van der Waals surface area contributed by atoms with Crippen LogP contribution in [0.5, 0.6) is 0 Å². The Balaban J connectivity index is 1.66. The molecule has 3 aliphatic rings. The lowest BCUT2D eigenvalue weighted by atomic mass is 9.99. The molecule has 2 unspecified atom stereocenters.